The van der Waals surface area contributed by atoms with Crippen LogP contribution < -0.4 is 15.0 Å². The largest absolute Gasteiger partial charge is 0.443 e. The number of aromatic nitrogens is 4. The van der Waals surface area contributed by atoms with Crippen LogP contribution in [-0.2, 0) is 23.1 Å². The predicted molar refractivity (Wildman–Crippen MR) is 170 cm³/mol. The molecule has 6 rings (SSSR count). The molecule has 0 radical (unpaired) electrons. The van der Waals surface area contributed by atoms with E-state index in [1.54, 1.807) is 57.2 Å². The van der Waals surface area contributed by atoms with Gasteiger partial charge in [0, 0.05) is 35.6 Å². The third-order valence-corrected chi connectivity index (χ3v) is 7.30. The Balaban J connectivity index is 1.59. The highest BCUT2D eigenvalue weighted by atomic mass is 19.1. The van der Waals surface area contributed by atoms with Crippen LogP contribution in [0.25, 0.3) is 33.4 Å². The number of rotatable bonds is 5. The van der Waals surface area contributed by atoms with Gasteiger partial charge in [-0.05, 0) is 69.2 Å². The van der Waals surface area contributed by atoms with E-state index in [-0.39, 0.29) is 29.6 Å². The highest BCUT2D eigenvalue weighted by molar-refractivity contribution is 6.12. The first kappa shape index (κ1) is 29.5. The summed E-state index contributed by atoms with van der Waals surface area (Å²) in [6, 6.07) is 15.8. The number of halogens is 1. The van der Waals surface area contributed by atoms with Gasteiger partial charge in [0.15, 0.2) is 17.4 Å². The molecule has 2 aromatic carbocycles. The lowest BCUT2D eigenvalue weighted by molar-refractivity contribution is -0.111. The summed E-state index contributed by atoms with van der Waals surface area (Å²) in [7, 11) is 1.85. The molecule has 45 heavy (non-hydrogen) atoms. The monoisotopic (exact) mass is 606 g/mol. The third kappa shape index (κ3) is 5.48. The van der Waals surface area contributed by atoms with Crippen molar-refractivity contribution >= 4 is 34.5 Å². The van der Waals surface area contributed by atoms with E-state index in [2.05, 4.69) is 26.8 Å². The molecular formula is C34H31FN6O4. The number of carbonyl (C=O) groups is 2. The van der Waals surface area contributed by atoms with Crippen molar-refractivity contribution in [2.45, 2.75) is 39.8 Å². The number of hydrogen-bond donors (Lipinski definition) is 1. The fraction of sp³-hybridized carbons (Fsp3) is 0.206. The molecule has 228 valence electrons. The van der Waals surface area contributed by atoms with Crippen LogP contribution in [0, 0.1) is 12.7 Å². The van der Waals surface area contributed by atoms with Crippen molar-refractivity contribution < 1.29 is 23.5 Å². The molecule has 2 amide bonds. The Labute approximate surface area is 259 Å². The second-order valence-electron chi connectivity index (χ2n) is 11.6. The topological polar surface area (TPSA) is 111 Å². The maximum Gasteiger partial charge on any atom is 0.416 e. The first-order valence-electron chi connectivity index (χ1n) is 14.3. The number of anilines is 2. The van der Waals surface area contributed by atoms with Crippen molar-refractivity contribution in [3.05, 3.63) is 90.7 Å². The molecular weight excluding hydrogens is 575 g/mol. The van der Waals surface area contributed by atoms with E-state index >= 15 is 4.39 Å². The number of pyridine rings is 1. The summed E-state index contributed by atoms with van der Waals surface area (Å²) in [6.07, 6.45) is 1.89. The minimum absolute atomic E-state index is 0.0379. The Hall–Kier alpha value is -5.58. The van der Waals surface area contributed by atoms with Gasteiger partial charge in [0.2, 0.25) is 11.8 Å². The molecule has 0 aliphatic carbocycles. The average Bonchev–Trinajstić information content (AvgIpc) is 3.19. The molecule has 11 heteroatoms. The average molecular weight is 607 g/mol. The summed E-state index contributed by atoms with van der Waals surface area (Å²) in [5.41, 5.74) is 3.93. The first-order chi connectivity index (χ1) is 21.4. The summed E-state index contributed by atoms with van der Waals surface area (Å²) in [5.74, 6) is -0.476. The Kier molecular flexibility index (Phi) is 7.32. The molecule has 0 spiro atoms. The van der Waals surface area contributed by atoms with Crippen LogP contribution in [0.1, 0.15) is 32.0 Å². The molecule has 0 saturated carbocycles. The van der Waals surface area contributed by atoms with Gasteiger partial charge in [0.25, 0.3) is 0 Å². The van der Waals surface area contributed by atoms with E-state index in [1.807, 2.05) is 36.7 Å². The van der Waals surface area contributed by atoms with E-state index in [4.69, 9.17) is 9.47 Å². The lowest BCUT2D eigenvalue weighted by Crippen LogP contribution is -2.37. The highest BCUT2D eigenvalue weighted by Gasteiger charge is 2.36. The summed E-state index contributed by atoms with van der Waals surface area (Å²) in [4.78, 5) is 40.3. The zero-order chi connectivity index (χ0) is 32.0. The molecule has 1 aliphatic rings. The standard InChI is InChI=1S/C34H31FN6O4/c1-7-25(42)39-21-13-11-20(12-14-21)30-27-22-15-16-24(44-26-10-8-9-19(2)38-26)29(35)23(22)17-41(33(43)45-34(3,4)5)32-28(27)31(40(30)6)36-18-37-32/h7-16,18H,1,17H2,2-6H3,(H,39,42). The van der Waals surface area contributed by atoms with Gasteiger partial charge in [0.1, 0.15) is 17.6 Å². The Bertz CT molecular complexity index is 2000. The van der Waals surface area contributed by atoms with Crippen LogP contribution >= 0.6 is 0 Å². The van der Waals surface area contributed by atoms with Crippen LogP contribution in [0.2, 0.25) is 0 Å². The van der Waals surface area contributed by atoms with Gasteiger partial charge in [-0.15, -0.1) is 0 Å². The third-order valence-electron chi connectivity index (χ3n) is 7.30. The molecule has 0 bridgehead atoms. The summed E-state index contributed by atoms with van der Waals surface area (Å²) in [5, 5.41) is 3.31. The van der Waals surface area contributed by atoms with E-state index < -0.39 is 17.5 Å². The fourth-order valence-corrected chi connectivity index (χ4v) is 5.40. The van der Waals surface area contributed by atoms with Crippen LogP contribution in [0.15, 0.2) is 73.6 Å². The summed E-state index contributed by atoms with van der Waals surface area (Å²) < 4.78 is 30.2. The number of hydrogen-bond acceptors (Lipinski definition) is 7. The van der Waals surface area contributed by atoms with Gasteiger partial charge in [-0.1, -0.05) is 30.8 Å². The van der Waals surface area contributed by atoms with Crippen molar-refractivity contribution in [1.29, 1.82) is 0 Å². The van der Waals surface area contributed by atoms with E-state index in [9.17, 15) is 9.59 Å². The normalized spacial score (nSPS) is 12.4. The first-order valence-corrected chi connectivity index (χ1v) is 14.3. The fourth-order valence-electron chi connectivity index (χ4n) is 5.40. The number of ether oxygens (including phenoxy) is 2. The second kappa shape index (κ2) is 11.2. The number of benzene rings is 2. The number of aryl methyl sites for hydroxylation is 2. The molecule has 10 nitrogen and oxygen atoms in total. The van der Waals surface area contributed by atoms with Crippen molar-refractivity contribution in [3.8, 4) is 34.0 Å². The van der Waals surface area contributed by atoms with Crippen molar-refractivity contribution in [3.63, 3.8) is 0 Å². The highest BCUT2D eigenvalue weighted by Crippen LogP contribution is 2.48. The minimum Gasteiger partial charge on any atom is -0.443 e. The van der Waals surface area contributed by atoms with Crippen LogP contribution in [0.5, 0.6) is 11.6 Å². The van der Waals surface area contributed by atoms with E-state index in [0.29, 0.717) is 39.4 Å². The van der Waals surface area contributed by atoms with Crippen molar-refractivity contribution in [2.75, 3.05) is 10.2 Å². The molecule has 5 aromatic rings. The lowest BCUT2D eigenvalue weighted by Gasteiger charge is -2.27. The Morgan fingerprint density at radius 2 is 1.82 bits per heavy atom. The number of amides is 2. The maximum atomic E-state index is 16.6. The summed E-state index contributed by atoms with van der Waals surface area (Å²) >= 11 is 0. The molecule has 0 saturated heterocycles. The molecule has 1 aliphatic heterocycles. The quantitative estimate of drug-likeness (QED) is 0.209. The van der Waals surface area contributed by atoms with Crippen molar-refractivity contribution in [2.24, 2.45) is 7.05 Å². The molecule has 1 N–H and O–H groups in total. The minimum atomic E-state index is -0.813. The van der Waals surface area contributed by atoms with Gasteiger partial charge in [0.05, 0.1) is 17.6 Å². The predicted octanol–water partition coefficient (Wildman–Crippen LogP) is 7.32. The van der Waals surface area contributed by atoms with Gasteiger partial charge in [-0.25, -0.2) is 24.1 Å². The van der Waals surface area contributed by atoms with Crippen molar-refractivity contribution in [1.82, 2.24) is 19.5 Å². The maximum absolute atomic E-state index is 16.6. The SMILES string of the molecule is C=CC(=O)Nc1ccc(-c2c3c4c(ncnc4n2C)N(C(=O)OC(C)(C)C)Cc2c-3ccc(Oc3cccc(C)n3)c2F)cc1. The molecule has 0 unspecified atom stereocenters. The number of carbonyl (C=O) groups excluding carboxylic acids is 2. The van der Waals surface area contributed by atoms with Gasteiger partial charge >= 0.3 is 6.09 Å². The van der Waals surface area contributed by atoms with E-state index in [1.165, 1.54) is 17.3 Å². The molecule has 4 heterocycles. The van der Waals surface area contributed by atoms with E-state index in [0.717, 1.165) is 11.3 Å². The number of fused-ring (bicyclic) bond motifs is 2. The summed E-state index contributed by atoms with van der Waals surface area (Å²) in [6.45, 7) is 10.4. The zero-order valence-electron chi connectivity index (χ0n) is 25.5. The Morgan fingerprint density at radius 1 is 1.07 bits per heavy atom. The number of nitrogens with zero attached hydrogens (tertiary/aromatic N) is 5. The van der Waals surface area contributed by atoms with Gasteiger partial charge < -0.3 is 19.4 Å². The van der Waals surface area contributed by atoms with Gasteiger partial charge in [-0.3, -0.25) is 9.69 Å². The van der Waals surface area contributed by atoms with Crippen LogP contribution in [-0.4, -0.2) is 37.1 Å². The second-order valence-corrected chi connectivity index (χ2v) is 11.6. The smallest absolute Gasteiger partial charge is 0.416 e. The molecule has 0 atom stereocenters. The number of nitrogens with one attached hydrogen (secondary N) is 1. The van der Waals surface area contributed by atoms with Crippen LogP contribution in [0.4, 0.5) is 20.7 Å². The zero-order valence-corrected chi connectivity index (χ0v) is 25.5. The Morgan fingerprint density at radius 3 is 2.51 bits per heavy atom. The van der Waals surface area contributed by atoms with Gasteiger partial charge in [-0.2, -0.15) is 0 Å². The van der Waals surface area contributed by atoms with Crippen LogP contribution in [0.3, 0.4) is 0 Å². The molecule has 0 fully saturated rings. The molecule has 3 aromatic heterocycles. The lowest BCUT2D eigenvalue weighted by atomic mass is 9.95.